The molecular formula is C12H7BrN6O. The summed E-state index contributed by atoms with van der Waals surface area (Å²) in [7, 11) is 0. The maximum Gasteiger partial charge on any atom is 0.348 e. The van der Waals surface area contributed by atoms with Gasteiger partial charge in [-0.25, -0.2) is 9.78 Å². The highest BCUT2D eigenvalue weighted by atomic mass is 79.9. The van der Waals surface area contributed by atoms with Crippen molar-refractivity contribution in [3.63, 3.8) is 0 Å². The quantitative estimate of drug-likeness (QED) is 0.556. The Morgan fingerprint density at radius 1 is 1.25 bits per heavy atom. The number of hydrogen-bond donors (Lipinski definition) is 2. The van der Waals surface area contributed by atoms with Crippen LogP contribution in [-0.4, -0.2) is 29.8 Å². The van der Waals surface area contributed by atoms with Gasteiger partial charge in [0.15, 0.2) is 11.5 Å². The molecular weight excluding hydrogens is 324 g/mol. The summed E-state index contributed by atoms with van der Waals surface area (Å²) in [5.74, 6) is 0.431. The first-order chi connectivity index (χ1) is 9.74. The fourth-order valence-electron chi connectivity index (χ4n) is 2.12. The van der Waals surface area contributed by atoms with Gasteiger partial charge in [0.1, 0.15) is 5.69 Å². The molecule has 4 rings (SSSR count). The smallest absolute Gasteiger partial charge is 0.304 e. The van der Waals surface area contributed by atoms with Crippen molar-refractivity contribution in [1.82, 2.24) is 29.8 Å². The van der Waals surface area contributed by atoms with E-state index in [2.05, 4.69) is 41.2 Å². The minimum atomic E-state index is -0.335. The molecule has 1 aromatic carbocycles. The Morgan fingerprint density at radius 3 is 2.95 bits per heavy atom. The molecule has 0 radical (unpaired) electrons. The second-order valence-electron chi connectivity index (χ2n) is 4.23. The Labute approximate surface area is 119 Å². The van der Waals surface area contributed by atoms with Crippen molar-refractivity contribution in [2.75, 3.05) is 0 Å². The average Bonchev–Trinajstić information content (AvgIpc) is 3.08. The monoisotopic (exact) mass is 330 g/mol. The molecule has 4 aromatic rings. The molecule has 8 heteroatoms. The number of aromatic amines is 2. The van der Waals surface area contributed by atoms with E-state index in [1.165, 1.54) is 4.52 Å². The lowest BCUT2D eigenvalue weighted by Crippen LogP contribution is -2.17. The number of benzene rings is 1. The number of H-pyrrole nitrogens is 2. The van der Waals surface area contributed by atoms with Crippen molar-refractivity contribution >= 4 is 32.5 Å². The van der Waals surface area contributed by atoms with Crippen molar-refractivity contribution < 1.29 is 0 Å². The van der Waals surface area contributed by atoms with Crippen LogP contribution in [0.3, 0.4) is 0 Å². The Bertz CT molecular complexity index is 984. The molecule has 0 aliphatic heterocycles. The van der Waals surface area contributed by atoms with Crippen molar-refractivity contribution in [1.29, 1.82) is 0 Å². The molecule has 7 nitrogen and oxygen atoms in total. The van der Waals surface area contributed by atoms with Gasteiger partial charge >= 0.3 is 5.69 Å². The van der Waals surface area contributed by atoms with Gasteiger partial charge in [-0.15, -0.1) is 5.10 Å². The first-order valence-electron chi connectivity index (χ1n) is 5.81. The zero-order valence-corrected chi connectivity index (χ0v) is 11.5. The third-order valence-corrected chi connectivity index (χ3v) is 3.69. The molecule has 0 saturated carbocycles. The van der Waals surface area contributed by atoms with Gasteiger partial charge in [-0.1, -0.05) is 6.07 Å². The van der Waals surface area contributed by atoms with Crippen LogP contribution in [0.5, 0.6) is 0 Å². The minimum Gasteiger partial charge on any atom is -0.304 e. The van der Waals surface area contributed by atoms with Crippen LogP contribution in [0, 0.1) is 0 Å². The highest BCUT2D eigenvalue weighted by molar-refractivity contribution is 9.10. The van der Waals surface area contributed by atoms with Crippen LogP contribution in [0.4, 0.5) is 0 Å². The molecule has 98 valence electrons. The van der Waals surface area contributed by atoms with Crippen LogP contribution < -0.4 is 5.69 Å². The van der Waals surface area contributed by atoms with Gasteiger partial charge in [0.2, 0.25) is 0 Å². The van der Waals surface area contributed by atoms with E-state index in [0.29, 0.717) is 22.7 Å². The van der Waals surface area contributed by atoms with E-state index in [-0.39, 0.29) is 5.69 Å². The number of rotatable bonds is 1. The molecule has 20 heavy (non-hydrogen) atoms. The molecule has 3 heterocycles. The summed E-state index contributed by atoms with van der Waals surface area (Å²) in [4.78, 5) is 19.3. The second kappa shape index (κ2) is 4.01. The predicted molar refractivity (Wildman–Crippen MR) is 76.4 cm³/mol. The molecule has 3 aromatic heterocycles. The maximum atomic E-state index is 12.1. The molecule has 0 bridgehead atoms. The minimum absolute atomic E-state index is 0.335. The third kappa shape index (κ3) is 1.51. The Hall–Kier alpha value is -2.48. The predicted octanol–water partition coefficient (Wildman–Crippen LogP) is 1.72. The summed E-state index contributed by atoms with van der Waals surface area (Å²) in [5.41, 5.74) is 1.54. The molecule has 0 atom stereocenters. The lowest BCUT2D eigenvalue weighted by molar-refractivity contribution is 0.882. The molecule has 0 fully saturated rings. The van der Waals surface area contributed by atoms with E-state index in [4.69, 9.17) is 0 Å². The van der Waals surface area contributed by atoms with Crippen molar-refractivity contribution in [2.45, 2.75) is 0 Å². The van der Waals surface area contributed by atoms with Gasteiger partial charge in [0.25, 0.3) is 0 Å². The number of para-hydroxylation sites is 1. The SMILES string of the molecule is O=c1[nH]c2c(Br)cccc2c2nc(-c3ccn[nH]3)nn12. The molecule has 0 aliphatic rings. The van der Waals surface area contributed by atoms with Gasteiger partial charge in [0.05, 0.1) is 5.52 Å². The summed E-state index contributed by atoms with van der Waals surface area (Å²) in [6.07, 6.45) is 1.61. The largest absolute Gasteiger partial charge is 0.348 e. The summed E-state index contributed by atoms with van der Waals surface area (Å²) in [6.45, 7) is 0. The number of nitrogens with one attached hydrogen (secondary N) is 2. The van der Waals surface area contributed by atoms with Gasteiger partial charge in [0, 0.05) is 16.1 Å². The molecule has 0 spiro atoms. The lowest BCUT2D eigenvalue weighted by atomic mass is 10.2. The summed E-state index contributed by atoms with van der Waals surface area (Å²) in [5, 5.41) is 11.7. The van der Waals surface area contributed by atoms with E-state index < -0.39 is 0 Å². The van der Waals surface area contributed by atoms with Gasteiger partial charge in [-0.2, -0.15) is 9.61 Å². The maximum absolute atomic E-state index is 12.1. The topological polar surface area (TPSA) is 91.7 Å². The Kier molecular flexibility index (Phi) is 2.27. The summed E-state index contributed by atoms with van der Waals surface area (Å²) >= 11 is 3.42. The lowest BCUT2D eigenvalue weighted by Gasteiger charge is -2.00. The molecule has 0 amide bonds. The molecule has 0 saturated heterocycles. The van der Waals surface area contributed by atoms with Crippen LogP contribution in [0.1, 0.15) is 0 Å². The standard InChI is InChI=1S/C12H7BrN6O/c13-7-3-1-2-6-9(7)15-12(20)19-11(6)16-10(18-19)8-4-5-14-17-8/h1-5H,(H,14,17)(H,15,20). The number of hydrogen-bond acceptors (Lipinski definition) is 4. The van der Waals surface area contributed by atoms with E-state index in [0.717, 1.165) is 9.86 Å². The number of nitrogens with zero attached hydrogens (tertiary/aromatic N) is 4. The molecule has 2 N–H and O–H groups in total. The van der Waals surface area contributed by atoms with Crippen LogP contribution in [0.15, 0.2) is 39.7 Å². The van der Waals surface area contributed by atoms with Crippen molar-refractivity contribution in [3.8, 4) is 11.5 Å². The van der Waals surface area contributed by atoms with E-state index in [1.807, 2.05) is 18.2 Å². The van der Waals surface area contributed by atoms with Crippen LogP contribution >= 0.6 is 15.9 Å². The van der Waals surface area contributed by atoms with Crippen LogP contribution in [-0.2, 0) is 0 Å². The van der Waals surface area contributed by atoms with Crippen LogP contribution in [0.2, 0.25) is 0 Å². The van der Waals surface area contributed by atoms with Gasteiger partial charge < -0.3 is 4.98 Å². The molecule has 0 aliphatic carbocycles. The average molecular weight is 331 g/mol. The Morgan fingerprint density at radius 2 is 2.15 bits per heavy atom. The number of fused-ring (bicyclic) bond motifs is 3. The van der Waals surface area contributed by atoms with Crippen molar-refractivity contribution in [3.05, 3.63) is 45.4 Å². The number of halogens is 1. The highest BCUT2D eigenvalue weighted by Gasteiger charge is 2.13. The summed E-state index contributed by atoms with van der Waals surface area (Å²) in [6, 6.07) is 7.38. The normalized spacial score (nSPS) is 11.4. The van der Waals surface area contributed by atoms with Crippen LogP contribution in [0.25, 0.3) is 28.1 Å². The van der Waals surface area contributed by atoms with E-state index in [9.17, 15) is 4.79 Å². The van der Waals surface area contributed by atoms with E-state index in [1.54, 1.807) is 12.3 Å². The third-order valence-electron chi connectivity index (χ3n) is 3.03. The first kappa shape index (κ1) is 11.4. The van der Waals surface area contributed by atoms with Gasteiger partial charge in [-0.05, 0) is 34.1 Å². The summed E-state index contributed by atoms with van der Waals surface area (Å²) < 4.78 is 2.06. The van der Waals surface area contributed by atoms with E-state index >= 15 is 0 Å². The Balaban J connectivity index is 2.16. The first-order valence-corrected chi connectivity index (χ1v) is 6.60. The number of aromatic nitrogens is 6. The second-order valence-corrected chi connectivity index (χ2v) is 5.09. The fraction of sp³-hybridized carbons (Fsp3) is 0. The zero-order chi connectivity index (χ0) is 13.7. The zero-order valence-electron chi connectivity index (χ0n) is 9.96. The van der Waals surface area contributed by atoms with Gasteiger partial charge in [-0.3, -0.25) is 5.10 Å². The fourth-order valence-corrected chi connectivity index (χ4v) is 2.59. The molecule has 0 unspecified atom stereocenters. The van der Waals surface area contributed by atoms with Crippen molar-refractivity contribution in [2.24, 2.45) is 0 Å². The highest BCUT2D eigenvalue weighted by Crippen LogP contribution is 2.24.